The summed E-state index contributed by atoms with van der Waals surface area (Å²) in [5, 5.41) is 12.3. The minimum atomic E-state index is -0.437. The fourth-order valence-corrected chi connectivity index (χ4v) is 1.65. The van der Waals surface area contributed by atoms with Crippen LogP contribution in [0.15, 0.2) is 0 Å². The predicted molar refractivity (Wildman–Crippen MR) is 51.3 cm³/mol. The molecule has 1 aliphatic heterocycles. The lowest BCUT2D eigenvalue weighted by Gasteiger charge is -2.35. The standard InChI is InChI=1S/C9H20N2O2/c1-3-9(10-8(2)12)11-4-6-13-7-5-11/h8-10,12H,3-7H2,1-2H3. The fourth-order valence-electron chi connectivity index (χ4n) is 1.65. The number of morpholine rings is 1. The molecule has 0 amide bonds. The maximum Gasteiger partial charge on any atom is 0.103 e. The van der Waals surface area contributed by atoms with Crippen molar-refractivity contribution in [2.24, 2.45) is 0 Å². The van der Waals surface area contributed by atoms with Crippen LogP contribution in [0.3, 0.4) is 0 Å². The molecule has 1 rings (SSSR count). The van der Waals surface area contributed by atoms with E-state index in [2.05, 4.69) is 17.1 Å². The van der Waals surface area contributed by atoms with Crippen LogP contribution in [0.4, 0.5) is 0 Å². The highest BCUT2D eigenvalue weighted by molar-refractivity contribution is 4.71. The number of aliphatic hydroxyl groups excluding tert-OH is 1. The van der Waals surface area contributed by atoms with Crippen LogP contribution in [0.5, 0.6) is 0 Å². The van der Waals surface area contributed by atoms with Gasteiger partial charge in [0.05, 0.1) is 19.4 Å². The summed E-state index contributed by atoms with van der Waals surface area (Å²) in [5.74, 6) is 0. The monoisotopic (exact) mass is 188 g/mol. The second-order valence-electron chi connectivity index (χ2n) is 3.42. The summed E-state index contributed by atoms with van der Waals surface area (Å²) in [6.45, 7) is 7.39. The second kappa shape index (κ2) is 5.54. The highest BCUT2D eigenvalue weighted by Gasteiger charge is 2.19. The van der Waals surface area contributed by atoms with E-state index in [0.29, 0.717) is 0 Å². The summed E-state index contributed by atoms with van der Waals surface area (Å²) in [6, 6.07) is 0. The molecule has 0 aromatic rings. The van der Waals surface area contributed by atoms with Crippen molar-refractivity contribution in [3.63, 3.8) is 0 Å². The smallest absolute Gasteiger partial charge is 0.103 e. The van der Waals surface area contributed by atoms with Gasteiger partial charge in [0.15, 0.2) is 0 Å². The molecule has 78 valence electrons. The zero-order valence-electron chi connectivity index (χ0n) is 8.49. The van der Waals surface area contributed by atoms with Crippen molar-refractivity contribution in [2.45, 2.75) is 32.7 Å². The molecule has 0 radical (unpaired) electrons. The van der Waals surface area contributed by atoms with Crippen molar-refractivity contribution in [2.75, 3.05) is 26.3 Å². The molecule has 1 heterocycles. The Morgan fingerprint density at radius 1 is 1.46 bits per heavy atom. The lowest BCUT2D eigenvalue weighted by molar-refractivity contribution is -0.00814. The SMILES string of the molecule is CCC(NC(C)O)N1CCOCC1. The highest BCUT2D eigenvalue weighted by Crippen LogP contribution is 2.05. The molecule has 4 heteroatoms. The molecule has 0 bridgehead atoms. The topological polar surface area (TPSA) is 44.7 Å². The van der Waals surface area contributed by atoms with Crippen molar-refractivity contribution < 1.29 is 9.84 Å². The van der Waals surface area contributed by atoms with Gasteiger partial charge in [-0.3, -0.25) is 10.2 Å². The van der Waals surface area contributed by atoms with Gasteiger partial charge in [-0.1, -0.05) is 6.92 Å². The van der Waals surface area contributed by atoms with Gasteiger partial charge in [0, 0.05) is 13.1 Å². The van der Waals surface area contributed by atoms with Crippen LogP contribution < -0.4 is 5.32 Å². The molecule has 0 aromatic heterocycles. The van der Waals surface area contributed by atoms with Crippen molar-refractivity contribution in [1.82, 2.24) is 10.2 Å². The Morgan fingerprint density at radius 3 is 2.54 bits per heavy atom. The number of nitrogens with zero attached hydrogens (tertiary/aromatic N) is 1. The van der Waals surface area contributed by atoms with Gasteiger partial charge < -0.3 is 9.84 Å². The summed E-state index contributed by atoms with van der Waals surface area (Å²) < 4.78 is 5.27. The lowest BCUT2D eigenvalue weighted by atomic mass is 10.3. The Morgan fingerprint density at radius 2 is 2.08 bits per heavy atom. The Hall–Kier alpha value is -0.160. The number of hydrogen-bond acceptors (Lipinski definition) is 4. The summed E-state index contributed by atoms with van der Waals surface area (Å²) in [6.07, 6.45) is 0.849. The highest BCUT2D eigenvalue weighted by atomic mass is 16.5. The molecule has 4 nitrogen and oxygen atoms in total. The van der Waals surface area contributed by atoms with Crippen molar-refractivity contribution >= 4 is 0 Å². The molecule has 1 saturated heterocycles. The first-order valence-electron chi connectivity index (χ1n) is 5.00. The summed E-state index contributed by atoms with van der Waals surface area (Å²) >= 11 is 0. The van der Waals surface area contributed by atoms with Gasteiger partial charge in [-0.25, -0.2) is 0 Å². The summed E-state index contributed by atoms with van der Waals surface area (Å²) in [5.41, 5.74) is 0. The van der Waals surface area contributed by atoms with E-state index in [-0.39, 0.29) is 6.17 Å². The molecule has 2 unspecified atom stereocenters. The van der Waals surface area contributed by atoms with Crippen LogP contribution in [0.2, 0.25) is 0 Å². The molecule has 0 aromatic carbocycles. The van der Waals surface area contributed by atoms with Crippen LogP contribution in [-0.4, -0.2) is 48.7 Å². The van der Waals surface area contributed by atoms with Crippen LogP contribution in [0.25, 0.3) is 0 Å². The van der Waals surface area contributed by atoms with Gasteiger partial charge in [-0.05, 0) is 13.3 Å². The van der Waals surface area contributed by atoms with Crippen LogP contribution in [0.1, 0.15) is 20.3 Å². The number of nitrogens with one attached hydrogen (secondary N) is 1. The Labute approximate surface area is 79.9 Å². The normalized spacial score (nSPS) is 24.2. The van der Waals surface area contributed by atoms with E-state index < -0.39 is 6.23 Å². The van der Waals surface area contributed by atoms with E-state index in [9.17, 15) is 5.11 Å². The molecule has 0 saturated carbocycles. The van der Waals surface area contributed by atoms with Crippen molar-refractivity contribution in [3.8, 4) is 0 Å². The van der Waals surface area contributed by atoms with Gasteiger partial charge >= 0.3 is 0 Å². The average Bonchev–Trinajstić information content (AvgIpc) is 2.15. The van der Waals surface area contributed by atoms with Crippen LogP contribution >= 0.6 is 0 Å². The molecule has 1 fully saturated rings. The average molecular weight is 188 g/mol. The fraction of sp³-hybridized carbons (Fsp3) is 1.00. The van der Waals surface area contributed by atoms with Crippen LogP contribution in [-0.2, 0) is 4.74 Å². The molecular formula is C9H20N2O2. The minimum absolute atomic E-state index is 0.281. The lowest BCUT2D eigenvalue weighted by Crippen LogP contribution is -2.52. The van der Waals surface area contributed by atoms with E-state index in [1.165, 1.54) is 0 Å². The third kappa shape index (κ3) is 3.60. The molecule has 0 spiro atoms. The first-order chi connectivity index (χ1) is 6.24. The van der Waals surface area contributed by atoms with E-state index >= 15 is 0 Å². The quantitative estimate of drug-likeness (QED) is 0.609. The molecule has 2 atom stereocenters. The van der Waals surface area contributed by atoms with E-state index in [4.69, 9.17) is 4.74 Å². The van der Waals surface area contributed by atoms with Crippen LogP contribution in [0, 0.1) is 0 Å². The zero-order chi connectivity index (χ0) is 9.68. The number of aliphatic hydroxyl groups is 1. The Bertz CT molecular complexity index is 136. The van der Waals surface area contributed by atoms with E-state index in [1.807, 2.05) is 0 Å². The maximum absolute atomic E-state index is 9.22. The molecule has 0 aliphatic carbocycles. The number of rotatable bonds is 4. The Balaban J connectivity index is 2.34. The van der Waals surface area contributed by atoms with Gasteiger partial charge in [0.25, 0.3) is 0 Å². The number of hydrogen-bond donors (Lipinski definition) is 2. The first kappa shape index (κ1) is 10.9. The van der Waals surface area contributed by atoms with E-state index in [0.717, 1.165) is 32.7 Å². The summed E-state index contributed by atoms with van der Waals surface area (Å²) in [7, 11) is 0. The molecular weight excluding hydrogens is 168 g/mol. The second-order valence-corrected chi connectivity index (χ2v) is 3.42. The maximum atomic E-state index is 9.22. The van der Waals surface area contributed by atoms with Crippen molar-refractivity contribution in [3.05, 3.63) is 0 Å². The predicted octanol–water partition coefficient (Wildman–Crippen LogP) is -0.0174. The van der Waals surface area contributed by atoms with Gasteiger partial charge in [-0.2, -0.15) is 0 Å². The van der Waals surface area contributed by atoms with E-state index in [1.54, 1.807) is 6.92 Å². The molecule has 2 N–H and O–H groups in total. The first-order valence-corrected chi connectivity index (χ1v) is 5.00. The van der Waals surface area contributed by atoms with Gasteiger partial charge in [0.1, 0.15) is 6.23 Å². The third-order valence-corrected chi connectivity index (χ3v) is 2.31. The largest absolute Gasteiger partial charge is 0.379 e. The Kier molecular flexibility index (Phi) is 4.66. The van der Waals surface area contributed by atoms with Gasteiger partial charge in [0.2, 0.25) is 0 Å². The molecule has 1 aliphatic rings. The zero-order valence-corrected chi connectivity index (χ0v) is 8.49. The minimum Gasteiger partial charge on any atom is -0.379 e. The van der Waals surface area contributed by atoms with Crippen molar-refractivity contribution in [1.29, 1.82) is 0 Å². The summed E-state index contributed by atoms with van der Waals surface area (Å²) in [4.78, 5) is 2.32. The third-order valence-electron chi connectivity index (χ3n) is 2.31. The number of ether oxygens (including phenoxy) is 1. The molecule has 13 heavy (non-hydrogen) atoms. The van der Waals surface area contributed by atoms with Gasteiger partial charge in [-0.15, -0.1) is 0 Å².